The van der Waals surface area contributed by atoms with Crippen LogP contribution in [0.5, 0.6) is 0 Å². The zero-order chi connectivity index (χ0) is 13.1. The molecular weight excluding hydrogens is 222 g/mol. The van der Waals surface area contributed by atoms with Crippen LogP contribution in [0.25, 0.3) is 0 Å². The van der Waals surface area contributed by atoms with Crippen LogP contribution in [-0.2, 0) is 6.42 Å². The minimum absolute atomic E-state index is 0.235. The Morgan fingerprint density at radius 1 is 1.11 bits per heavy atom. The lowest BCUT2D eigenvalue weighted by molar-refractivity contribution is 0.414. The highest BCUT2D eigenvalue weighted by Gasteiger charge is 2.16. The number of aryl methyl sites for hydroxylation is 3. The summed E-state index contributed by atoms with van der Waals surface area (Å²) in [4.78, 5) is 0. The topological polar surface area (TPSA) is 25.2 Å². The van der Waals surface area contributed by atoms with E-state index in [1.807, 2.05) is 14.0 Å². The molecular formula is C16H21NO. The van der Waals surface area contributed by atoms with E-state index in [0.29, 0.717) is 0 Å². The molecule has 0 amide bonds. The minimum atomic E-state index is 0.235. The maximum atomic E-state index is 5.82. The van der Waals surface area contributed by atoms with Crippen molar-refractivity contribution >= 4 is 0 Å². The van der Waals surface area contributed by atoms with Crippen molar-refractivity contribution < 1.29 is 4.42 Å². The first kappa shape index (κ1) is 12.9. The lowest BCUT2D eigenvalue weighted by Crippen LogP contribution is -2.18. The number of rotatable bonds is 4. The molecule has 18 heavy (non-hydrogen) atoms. The van der Waals surface area contributed by atoms with E-state index in [2.05, 4.69) is 49.5 Å². The lowest BCUT2D eigenvalue weighted by Gasteiger charge is -2.15. The lowest BCUT2D eigenvalue weighted by atomic mass is 10.00. The summed E-state index contributed by atoms with van der Waals surface area (Å²) in [6, 6.07) is 10.9. The summed E-state index contributed by atoms with van der Waals surface area (Å²) in [5.74, 6) is 2.03. The quantitative estimate of drug-likeness (QED) is 0.885. The highest BCUT2D eigenvalue weighted by atomic mass is 16.3. The minimum Gasteiger partial charge on any atom is -0.464 e. The Bertz CT molecular complexity index is 508. The zero-order valence-electron chi connectivity index (χ0n) is 11.6. The van der Waals surface area contributed by atoms with Gasteiger partial charge in [0, 0.05) is 0 Å². The van der Waals surface area contributed by atoms with Crippen molar-refractivity contribution in [1.29, 1.82) is 0 Å². The molecule has 2 rings (SSSR count). The van der Waals surface area contributed by atoms with Crippen LogP contribution in [0, 0.1) is 20.8 Å². The average molecular weight is 243 g/mol. The van der Waals surface area contributed by atoms with Crippen LogP contribution < -0.4 is 5.32 Å². The monoisotopic (exact) mass is 243 g/mol. The Kier molecular flexibility index (Phi) is 3.87. The number of hydrogen-bond acceptors (Lipinski definition) is 2. The Balaban J connectivity index is 2.22. The largest absolute Gasteiger partial charge is 0.464 e. The Labute approximate surface area is 109 Å². The highest BCUT2D eigenvalue weighted by molar-refractivity contribution is 5.28. The summed E-state index contributed by atoms with van der Waals surface area (Å²) < 4.78 is 5.82. The number of nitrogens with one attached hydrogen (secondary N) is 1. The highest BCUT2D eigenvalue weighted by Crippen LogP contribution is 2.24. The molecule has 1 N–H and O–H groups in total. The molecule has 0 aliphatic heterocycles. The van der Waals surface area contributed by atoms with Gasteiger partial charge in [-0.15, -0.1) is 0 Å². The zero-order valence-corrected chi connectivity index (χ0v) is 11.6. The van der Waals surface area contributed by atoms with Crippen LogP contribution in [0.15, 0.2) is 34.7 Å². The third kappa shape index (κ3) is 2.65. The van der Waals surface area contributed by atoms with Crippen molar-refractivity contribution in [3.63, 3.8) is 0 Å². The molecule has 0 bridgehead atoms. The van der Waals surface area contributed by atoms with Crippen molar-refractivity contribution in [3.8, 4) is 0 Å². The summed E-state index contributed by atoms with van der Waals surface area (Å²) >= 11 is 0. The first-order valence-electron chi connectivity index (χ1n) is 6.40. The normalized spacial score (nSPS) is 12.7. The Morgan fingerprint density at radius 3 is 2.39 bits per heavy atom. The van der Waals surface area contributed by atoms with Crippen molar-refractivity contribution in [2.24, 2.45) is 0 Å². The van der Waals surface area contributed by atoms with Crippen molar-refractivity contribution in [2.45, 2.75) is 33.2 Å². The number of hydrogen-bond donors (Lipinski definition) is 1. The maximum Gasteiger partial charge on any atom is 0.121 e. The van der Waals surface area contributed by atoms with Crippen LogP contribution in [-0.4, -0.2) is 7.05 Å². The molecule has 1 atom stereocenters. The van der Waals surface area contributed by atoms with Gasteiger partial charge in [0.25, 0.3) is 0 Å². The van der Waals surface area contributed by atoms with E-state index in [1.165, 1.54) is 16.7 Å². The molecule has 0 radical (unpaired) electrons. The Morgan fingerprint density at radius 2 is 1.83 bits per heavy atom. The molecule has 0 aliphatic rings. The maximum absolute atomic E-state index is 5.82. The van der Waals surface area contributed by atoms with Gasteiger partial charge >= 0.3 is 0 Å². The van der Waals surface area contributed by atoms with E-state index in [-0.39, 0.29) is 6.04 Å². The van der Waals surface area contributed by atoms with Gasteiger partial charge in [-0.25, -0.2) is 0 Å². The Hall–Kier alpha value is -1.54. The summed E-state index contributed by atoms with van der Waals surface area (Å²) in [7, 11) is 1.98. The van der Waals surface area contributed by atoms with E-state index in [9.17, 15) is 0 Å². The molecule has 0 saturated heterocycles. The van der Waals surface area contributed by atoms with E-state index in [0.717, 1.165) is 17.9 Å². The van der Waals surface area contributed by atoms with Crippen molar-refractivity contribution in [3.05, 3.63) is 58.5 Å². The van der Waals surface area contributed by atoms with Gasteiger partial charge in [0.05, 0.1) is 6.04 Å². The van der Waals surface area contributed by atoms with Crippen LogP contribution in [0.1, 0.15) is 34.3 Å². The third-order valence-corrected chi connectivity index (χ3v) is 3.56. The predicted octanol–water partition coefficient (Wildman–Crippen LogP) is 3.71. The van der Waals surface area contributed by atoms with E-state index in [1.54, 1.807) is 0 Å². The molecule has 1 heterocycles. The molecule has 0 spiro atoms. The second kappa shape index (κ2) is 5.40. The fourth-order valence-electron chi connectivity index (χ4n) is 2.18. The molecule has 1 unspecified atom stereocenters. The second-order valence-corrected chi connectivity index (χ2v) is 4.86. The fourth-order valence-corrected chi connectivity index (χ4v) is 2.18. The smallest absolute Gasteiger partial charge is 0.121 e. The average Bonchev–Trinajstić information content (AvgIpc) is 2.68. The molecule has 2 aromatic rings. The number of benzene rings is 1. The van der Waals surface area contributed by atoms with Gasteiger partial charge < -0.3 is 9.73 Å². The summed E-state index contributed by atoms with van der Waals surface area (Å²) in [6.07, 6.45) is 0.954. The molecule has 0 saturated carbocycles. The van der Waals surface area contributed by atoms with E-state index >= 15 is 0 Å². The number of likely N-dealkylation sites (N-methyl/N-ethyl adjacent to an activating group) is 1. The van der Waals surface area contributed by atoms with Crippen molar-refractivity contribution in [2.75, 3.05) is 7.05 Å². The SMILES string of the molecule is CNC(Cc1ccccc1C)c1cc(C)c(C)o1. The van der Waals surface area contributed by atoms with Gasteiger partial charge in [0.2, 0.25) is 0 Å². The summed E-state index contributed by atoms with van der Waals surface area (Å²) in [5, 5.41) is 3.34. The van der Waals surface area contributed by atoms with Crippen LogP contribution >= 0.6 is 0 Å². The predicted molar refractivity (Wildman–Crippen MR) is 74.9 cm³/mol. The van der Waals surface area contributed by atoms with Gasteiger partial charge in [-0.05, 0) is 57.0 Å². The van der Waals surface area contributed by atoms with Gasteiger partial charge in [0.1, 0.15) is 11.5 Å². The standard InChI is InChI=1S/C16H21NO/c1-11-7-5-6-8-14(11)10-15(17-4)16-9-12(2)13(3)18-16/h5-9,15,17H,10H2,1-4H3. The van der Waals surface area contributed by atoms with Crippen LogP contribution in [0.3, 0.4) is 0 Å². The molecule has 0 aliphatic carbocycles. The third-order valence-electron chi connectivity index (χ3n) is 3.56. The van der Waals surface area contributed by atoms with Gasteiger partial charge in [-0.2, -0.15) is 0 Å². The van der Waals surface area contributed by atoms with E-state index in [4.69, 9.17) is 4.42 Å². The van der Waals surface area contributed by atoms with Crippen molar-refractivity contribution in [1.82, 2.24) is 5.32 Å². The van der Waals surface area contributed by atoms with Crippen LogP contribution in [0.2, 0.25) is 0 Å². The molecule has 1 aromatic carbocycles. The van der Waals surface area contributed by atoms with E-state index < -0.39 is 0 Å². The molecule has 0 fully saturated rings. The first-order valence-corrected chi connectivity index (χ1v) is 6.40. The number of furan rings is 1. The molecule has 96 valence electrons. The summed E-state index contributed by atoms with van der Waals surface area (Å²) in [5.41, 5.74) is 3.91. The van der Waals surface area contributed by atoms with Gasteiger partial charge in [-0.1, -0.05) is 24.3 Å². The summed E-state index contributed by atoms with van der Waals surface area (Å²) in [6.45, 7) is 6.25. The van der Waals surface area contributed by atoms with Gasteiger partial charge in [0.15, 0.2) is 0 Å². The molecule has 1 aromatic heterocycles. The van der Waals surface area contributed by atoms with Gasteiger partial charge in [-0.3, -0.25) is 0 Å². The van der Waals surface area contributed by atoms with Crippen LogP contribution in [0.4, 0.5) is 0 Å². The molecule has 2 heteroatoms. The first-order chi connectivity index (χ1) is 8.61. The molecule has 2 nitrogen and oxygen atoms in total. The second-order valence-electron chi connectivity index (χ2n) is 4.86. The fraction of sp³-hybridized carbons (Fsp3) is 0.375.